The molecule has 26 heavy (non-hydrogen) atoms. The summed E-state index contributed by atoms with van der Waals surface area (Å²) < 4.78 is 1.74. The summed E-state index contributed by atoms with van der Waals surface area (Å²) in [6.07, 6.45) is 1.61. The van der Waals surface area contributed by atoms with Crippen LogP contribution in [0.1, 0.15) is 5.01 Å². The molecule has 4 rings (SSSR count). The molecule has 0 aliphatic carbocycles. The molecule has 0 atom stereocenters. The molecule has 0 aliphatic heterocycles. The van der Waals surface area contributed by atoms with E-state index in [0.717, 1.165) is 16.2 Å². The number of rotatable bonds is 5. The maximum Gasteiger partial charge on any atom is 0.270 e. The smallest absolute Gasteiger partial charge is 0.270 e. The summed E-state index contributed by atoms with van der Waals surface area (Å²) in [6.45, 7) is 0.432. The van der Waals surface area contributed by atoms with Crippen LogP contribution in [0.5, 0.6) is 0 Å². The van der Waals surface area contributed by atoms with E-state index in [1.54, 1.807) is 29.1 Å². The number of anilines is 2. The summed E-state index contributed by atoms with van der Waals surface area (Å²) in [5.41, 5.74) is 1.72. The molecule has 0 radical (unpaired) electrons. The van der Waals surface area contributed by atoms with Gasteiger partial charge in [-0.15, -0.1) is 10.2 Å². The molecule has 8 nitrogen and oxygen atoms in total. The lowest BCUT2D eigenvalue weighted by Crippen LogP contribution is -2.01. The van der Waals surface area contributed by atoms with Crippen LogP contribution in [0.4, 0.5) is 16.5 Å². The summed E-state index contributed by atoms with van der Waals surface area (Å²) >= 11 is 7.28. The zero-order valence-electron chi connectivity index (χ0n) is 13.2. The van der Waals surface area contributed by atoms with Crippen molar-refractivity contribution in [1.29, 1.82) is 0 Å². The van der Waals surface area contributed by atoms with Gasteiger partial charge in [-0.2, -0.15) is 5.10 Å². The lowest BCUT2D eigenvalue weighted by Gasteiger charge is -2.01. The van der Waals surface area contributed by atoms with E-state index in [9.17, 15) is 10.1 Å². The Hall–Kier alpha value is -3.04. The summed E-state index contributed by atoms with van der Waals surface area (Å²) in [5.74, 6) is 0. The van der Waals surface area contributed by atoms with E-state index in [1.807, 2.05) is 12.1 Å². The molecule has 0 bridgehead atoms. The molecule has 1 N–H and O–H groups in total. The number of benzene rings is 2. The van der Waals surface area contributed by atoms with Crippen LogP contribution in [0.15, 0.2) is 48.7 Å². The molecule has 0 fully saturated rings. The third-order valence-electron chi connectivity index (χ3n) is 3.68. The van der Waals surface area contributed by atoms with Crippen molar-refractivity contribution in [2.75, 3.05) is 5.32 Å². The van der Waals surface area contributed by atoms with Gasteiger partial charge in [-0.25, -0.2) is 0 Å². The third kappa shape index (κ3) is 3.35. The Balaban J connectivity index is 1.53. The molecular weight excluding hydrogens is 376 g/mol. The minimum absolute atomic E-state index is 0.0439. The standard InChI is InChI=1S/C16H11ClN6O2S/c17-11-1-3-12(4-2-11)19-16-21-20-15(26-16)9-22-14-6-5-13(23(24)25)7-10(14)8-18-22/h1-8H,9H2,(H,19,21). The van der Waals surface area contributed by atoms with Crippen molar-refractivity contribution in [3.8, 4) is 0 Å². The van der Waals surface area contributed by atoms with Crippen LogP contribution in [-0.4, -0.2) is 24.9 Å². The fourth-order valence-electron chi connectivity index (χ4n) is 2.47. The highest BCUT2D eigenvalue weighted by molar-refractivity contribution is 7.15. The lowest BCUT2D eigenvalue weighted by atomic mass is 10.2. The number of fused-ring (bicyclic) bond motifs is 1. The van der Waals surface area contributed by atoms with Crippen LogP contribution in [0.2, 0.25) is 5.02 Å². The van der Waals surface area contributed by atoms with Crippen molar-refractivity contribution >= 4 is 50.3 Å². The Morgan fingerprint density at radius 2 is 2.00 bits per heavy atom. The zero-order chi connectivity index (χ0) is 18.1. The summed E-state index contributed by atoms with van der Waals surface area (Å²) in [7, 11) is 0. The van der Waals surface area contributed by atoms with Gasteiger partial charge in [0.25, 0.3) is 5.69 Å². The Morgan fingerprint density at radius 3 is 2.77 bits per heavy atom. The predicted octanol–water partition coefficient (Wildman–Crippen LogP) is 4.24. The molecule has 2 aromatic heterocycles. The summed E-state index contributed by atoms with van der Waals surface area (Å²) in [6, 6.07) is 12.0. The fraction of sp³-hybridized carbons (Fsp3) is 0.0625. The number of non-ortho nitro benzene ring substituents is 1. The maximum atomic E-state index is 10.9. The van der Waals surface area contributed by atoms with Crippen LogP contribution in [-0.2, 0) is 6.54 Å². The van der Waals surface area contributed by atoms with Crippen molar-refractivity contribution in [3.63, 3.8) is 0 Å². The predicted molar refractivity (Wildman–Crippen MR) is 100 cm³/mol. The minimum Gasteiger partial charge on any atom is -0.330 e. The van der Waals surface area contributed by atoms with E-state index in [0.29, 0.717) is 22.1 Å². The van der Waals surface area contributed by atoms with Gasteiger partial charge in [-0.1, -0.05) is 22.9 Å². The summed E-state index contributed by atoms with van der Waals surface area (Å²) in [5, 5.41) is 29.4. The normalized spacial score (nSPS) is 11.0. The van der Waals surface area contributed by atoms with Crippen LogP contribution in [0.3, 0.4) is 0 Å². The first-order chi connectivity index (χ1) is 12.6. The van der Waals surface area contributed by atoms with Gasteiger partial charge in [-0.3, -0.25) is 14.8 Å². The fourth-order valence-corrected chi connectivity index (χ4v) is 3.34. The van der Waals surface area contributed by atoms with Gasteiger partial charge in [0.1, 0.15) is 5.01 Å². The van der Waals surface area contributed by atoms with E-state index >= 15 is 0 Å². The molecule has 0 unspecified atom stereocenters. The number of aromatic nitrogens is 4. The van der Waals surface area contributed by atoms with Crippen LogP contribution in [0.25, 0.3) is 10.9 Å². The second kappa shape index (κ2) is 6.70. The highest BCUT2D eigenvalue weighted by Crippen LogP contribution is 2.24. The first-order valence-electron chi connectivity index (χ1n) is 7.53. The number of nitro groups is 1. The second-order valence-electron chi connectivity index (χ2n) is 5.44. The number of hydrogen-bond acceptors (Lipinski definition) is 7. The number of nitrogens with one attached hydrogen (secondary N) is 1. The van der Waals surface area contributed by atoms with Gasteiger partial charge >= 0.3 is 0 Å². The molecule has 2 aromatic carbocycles. The molecule has 10 heteroatoms. The molecule has 0 amide bonds. The number of nitrogens with zero attached hydrogens (tertiary/aromatic N) is 5. The minimum atomic E-state index is -0.420. The van der Waals surface area contributed by atoms with E-state index in [4.69, 9.17) is 11.6 Å². The molecule has 0 aliphatic rings. The largest absolute Gasteiger partial charge is 0.330 e. The van der Waals surface area contributed by atoms with Crippen LogP contribution < -0.4 is 5.32 Å². The van der Waals surface area contributed by atoms with Crippen molar-refractivity contribution in [2.45, 2.75) is 6.54 Å². The third-order valence-corrected chi connectivity index (χ3v) is 4.76. The molecule has 130 valence electrons. The van der Waals surface area contributed by atoms with Crippen molar-refractivity contribution in [3.05, 3.63) is 68.8 Å². The summed E-state index contributed by atoms with van der Waals surface area (Å²) in [4.78, 5) is 10.4. The monoisotopic (exact) mass is 386 g/mol. The maximum absolute atomic E-state index is 10.9. The van der Waals surface area contributed by atoms with Gasteiger partial charge in [0, 0.05) is 28.2 Å². The molecule has 0 saturated heterocycles. The van der Waals surface area contributed by atoms with Gasteiger partial charge in [0.05, 0.1) is 23.2 Å². The first-order valence-corrected chi connectivity index (χ1v) is 8.73. The molecule has 0 spiro atoms. The second-order valence-corrected chi connectivity index (χ2v) is 6.93. The van der Waals surface area contributed by atoms with Crippen molar-refractivity contribution < 1.29 is 4.92 Å². The first kappa shape index (κ1) is 16.4. The Labute approximate surface area is 156 Å². The van der Waals surface area contributed by atoms with Gasteiger partial charge < -0.3 is 5.32 Å². The van der Waals surface area contributed by atoms with E-state index in [-0.39, 0.29) is 5.69 Å². The van der Waals surface area contributed by atoms with Crippen LogP contribution >= 0.6 is 22.9 Å². The molecule has 2 heterocycles. The molecular formula is C16H11ClN6O2S. The average molecular weight is 387 g/mol. The van der Waals surface area contributed by atoms with Gasteiger partial charge in [0.2, 0.25) is 5.13 Å². The lowest BCUT2D eigenvalue weighted by molar-refractivity contribution is -0.384. The zero-order valence-corrected chi connectivity index (χ0v) is 14.7. The van der Waals surface area contributed by atoms with Gasteiger partial charge in [0.15, 0.2) is 0 Å². The number of hydrogen-bond donors (Lipinski definition) is 1. The topological polar surface area (TPSA) is 98.8 Å². The number of halogens is 1. The van der Waals surface area contributed by atoms with E-state index in [2.05, 4.69) is 20.6 Å². The SMILES string of the molecule is O=[N+]([O-])c1ccc2c(cnn2Cc2nnc(Nc3ccc(Cl)cc3)s2)c1. The van der Waals surface area contributed by atoms with Crippen molar-refractivity contribution in [2.24, 2.45) is 0 Å². The van der Waals surface area contributed by atoms with E-state index < -0.39 is 4.92 Å². The number of nitro benzene ring substituents is 1. The van der Waals surface area contributed by atoms with Gasteiger partial charge in [-0.05, 0) is 30.3 Å². The average Bonchev–Trinajstić information content (AvgIpc) is 3.24. The quantitative estimate of drug-likeness (QED) is 0.407. The van der Waals surface area contributed by atoms with E-state index in [1.165, 1.54) is 23.5 Å². The Kier molecular flexibility index (Phi) is 4.23. The molecule has 4 aromatic rings. The Morgan fingerprint density at radius 1 is 1.19 bits per heavy atom. The highest BCUT2D eigenvalue weighted by atomic mass is 35.5. The molecule has 0 saturated carbocycles. The van der Waals surface area contributed by atoms with Crippen molar-refractivity contribution in [1.82, 2.24) is 20.0 Å². The highest BCUT2D eigenvalue weighted by Gasteiger charge is 2.12. The Bertz CT molecular complexity index is 1090. The van der Waals surface area contributed by atoms with Crippen LogP contribution in [0, 0.1) is 10.1 Å².